The van der Waals surface area contributed by atoms with Gasteiger partial charge < -0.3 is 4.74 Å². The van der Waals surface area contributed by atoms with Crippen LogP contribution >= 0.6 is 0 Å². The number of hydrogen-bond donors (Lipinski definition) is 0. The zero-order chi connectivity index (χ0) is 17.4. The van der Waals surface area contributed by atoms with Crippen LogP contribution in [0.3, 0.4) is 0 Å². The number of ether oxygens (including phenoxy) is 1. The summed E-state index contributed by atoms with van der Waals surface area (Å²) in [7, 11) is 0. The first kappa shape index (κ1) is 16.9. The van der Waals surface area contributed by atoms with E-state index in [2.05, 4.69) is 13.5 Å². The van der Waals surface area contributed by atoms with Crippen molar-refractivity contribution >= 4 is 12.0 Å². The van der Waals surface area contributed by atoms with Gasteiger partial charge in [0.1, 0.15) is 5.60 Å². The molecule has 1 aromatic rings. The fraction of sp³-hybridized carbons (Fsp3) is 0.609. The van der Waals surface area contributed by atoms with Crippen molar-refractivity contribution in [2.24, 2.45) is 23.7 Å². The fourth-order valence-electron chi connectivity index (χ4n) is 6.09. The van der Waals surface area contributed by atoms with Crippen molar-refractivity contribution in [1.82, 2.24) is 0 Å². The van der Waals surface area contributed by atoms with Gasteiger partial charge in [-0.3, -0.25) is 0 Å². The van der Waals surface area contributed by atoms with Gasteiger partial charge in [0, 0.05) is 0 Å². The number of benzene rings is 1. The van der Waals surface area contributed by atoms with Crippen LogP contribution in [0.4, 0.5) is 0 Å². The van der Waals surface area contributed by atoms with Gasteiger partial charge in [0.25, 0.3) is 0 Å². The Balaban J connectivity index is 1.61. The van der Waals surface area contributed by atoms with Crippen LogP contribution in [0.15, 0.2) is 30.8 Å². The van der Waals surface area contributed by atoms with Gasteiger partial charge in [0.2, 0.25) is 0 Å². The van der Waals surface area contributed by atoms with E-state index in [0.717, 1.165) is 36.7 Å². The SMILES string of the molecule is C=Cc1cccc(C(=O)OC2(CCCC)C3CC4CC(C3)CC2C4)c1. The molecule has 0 heterocycles. The Hall–Kier alpha value is -1.57. The standard InChI is InChI=1S/C23H30O2/c1-3-5-9-23(20-12-17-10-18(14-20)15-21(23)13-17)25-22(24)19-8-6-7-16(4-2)11-19/h4,6-8,11,17-18,20-21H,2-3,5,9-10,12-15H2,1H3. The first-order valence-corrected chi connectivity index (χ1v) is 10.1. The molecule has 0 spiro atoms. The Morgan fingerprint density at radius 2 is 1.88 bits per heavy atom. The van der Waals surface area contributed by atoms with Crippen LogP contribution in [-0.2, 0) is 4.74 Å². The smallest absolute Gasteiger partial charge is 0.338 e. The van der Waals surface area contributed by atoms with E-state index in [1.807, 2.05) is 24.3 Å². The van der Waals surface area contributed by atoms with E-state index in [-0.39, 0.29) is 11.6 Å². The molecule has 0 N–H and O–H groups in total. The molecule has 0 radical (unpaired) electrons. The van der Waals surface area contributed by atoms with Crippen molar-refractivity contribution in [2.45, 2.75) is 63.9 Å². The van der Waals surface area contributed by atoms with E-state index >= 15 is 0 Å². The lowest BCUT2D eigenvalue weighted by molar-refractivity contribution is -0.179. The normalized spacial score (nSPS) is 35.6. The first-order chi connectivity index (χ1) is 12.1. The second-order valence-corrected chi connectivity index (χ2v) is 8.58. The minimum absolute atomic E-state index is 0.132. The molecule has 0 saturated heterocycles. The Labute approximate surface area is 151 Å². The van der Waals surface area contributed by atoms with E-state index in [9.17, 15) is 4.79 Å². The molecule has 0 unspecified atom stereocenters. The molecule has 0 aromatic heterocycles. The van der Waals surface area contributed by atoms with Crippen LogP contribution in [0.25, 0.3) is 6.08 Å². The van der Waals surface area contributed by atoms with Crippen LogP contribution < -0.4 is 0 Å². The van der Waals surface area contributed by atoms with Crippen LogP contribution in [-0.4, -0.2) is 11.6 Å². The summed E-state index contributed by atoms with van der Waals surface area (Å²) in [6, 6.07) is 7.67. The molecular weight excluding hydrogens is 308 g/mol. The van der Waals surface area contributed by atoms with Gasteiger partial charge in [-0.25, -0.2) is 4.79 Å². The first-order valence-electron chi connectivity index (χ1n) is 10.1. The molecule has 0 aliphatic heterocycles. The highest BCUT2D eigenvalue weighted by Gasteiger charge is 2.59. The molecule has 2 heteroatoms. The topological polar surface area (TPSA) is 26.3 Å². The maximum Gasteiger partial charge on any atom is 0.338 e. The van der Waals surface area contributed by atoms with E-state index in [4.69, 9.17) is 4.74 Å². The number of unbranched alkanes of at least 4 members (excludes halogenated alkanes) is 1. The lowest BCUT2D eigenvalue weighted by Crippen LogP contribution is -2.59. The molecular formula is C23H30O2. The van der Waals surface area contributed by atoms with Gasteiger partial charge >= 0.3 is 5.97 Å². The van der Waals surface area contributed by atoms with Gasteiger partial charge in [-0.05, 0) is 86.3 Å². The summed E-state index contributed by atoms with van der Waals surface area (Å²) < 4.78 is 6.43. The molecule has 0 atom stereocenters. The van der Waals surface area contributed by atoms with Gasteiger partial charge in [-0.1, -0.05) is 38.1 Å². The predicted octanol–water partition coefficient (Wildman–Crippen LogP) is 5.87. The molecule has 4 saturated carbocycles. The zero-order valence-electron chi connectivity index (χ0n) is 15.4. The number of hydrogen-bond acceptors (Lipinski definition) is 2. The van der Waals surface area contributed by atoms with E-state index in [1.165, 1.54) is 32.1 Å². The summed E-state index contributed by atoms with van der Waals surface area (Å²) in [4.78, 5) is 13.0. The fourth-order valence-corrected chi connectivity index (χ4v) is 6.09. The maximum atomic E-state index is 13.0. The third kappa shape index (κ3) is 2.94. The highest BCUT2D eigenvalue weighted by atomic mass is 16.6. The summed E-state index contributed by atoms with van der Waals surface area (Å²) >= 11 is 0. The number of carbonyl (C=O) groups is 1. The van der Waals surface area contributed by atoms with Gasteiger partial charge in [0.15, 0.2) is 0 Å². The molecule has 5 rings (SSSR count). The van der Waals surface area contributed by atoms with E-state index < -0.39 is 0 Å². The molecule has 4 aliphatic rings. The Bertz CT molecular complexity index is 632. The highest BCUT2D eigenvalue weighted by molar-refractivity contribution is 5.90. The minimum atomic E-state index is -0.204. The van der Waals surface area contributed by atoms with Crippen LogP contribution in [0, 0.1) is 23.7 Å². The minimum Gasteiger partial charge on any atom is -0.455 e. The number of rotatable bonds is 6. The summed E-state index contributed by atoms with van der Waals surface area (Å²) in [5, 5.41) is 0. The molecule has 4 bridgehead atoms. The molecule has 2 nitrogen and oxygen atoms in total. The van der Waals surface area contributed by atoms with Crippen molar-refractivity contribution in [2.75, 3.05) is 0 Å². The highest BCUT2D eigenvalue weighted by Crippen LogP contribution is 2.61. The molecule has 134 valence electrons. The lowest BCUT2D eigenvalue weighted by Gasteiger charge is -2.60. The van der Waals surface area contributed by atoms with Crippen LogP contribution in [0.1, 0.15) is 74.2 Å². The summed E-state index contributed by atoms with van der Waals surface area (Å²) in [5.74, 6) is 2.82. The molecule has 4 aliphatic carbocycles. The second kappa shape index (κ2) is 6.63. The molecule has 25 heavy (non-hydrogen) atoms. The average Bonchev–Trinajstić information content (AvgIpc) is 2.63. The van der Waals surface area contributed by atoms with Gasteiger partial charge in [-0.15, -0.1) is 0 Å². The predicted molar refractivity (Wildman–Crippen MR) is 101 cm³/mol. The molecule has 4 fully saturated rings. The maximum absolute atomic E-state index is 13.0. The average molecular weight is 338 g/mol. The monoisotopic (exact) mass is 338 g/mol. The van der Waals surface area contributed by atoms with Crippen molar-refractivity contribution < 1.29 is 9.53 Å². The zero-order valence-corrected chi connectivity index (χ0v) is 15.4. The van der Waals surface area contributed by atoms with Crippen molar-refractivity contribution in [3.8, 4) is 0 Å². The second-order valence-electron chi connectivity index (χ2n) is 8.58. The number of esters is 1. The Kier molecular flexibility index (Phi) is 4.47. The van der Waals surface area contributed by atoms with Crippen LogP contribution in [0.2, 0.25) is 0 Å². The molecule has 1 aromatic carbocycles. The van der Waals surface area contributed by atoms with Crippen molar-refractivity contribution in [3.05, 3.63) is 42.0 Å². The van der Waals surface area contributed by atoms with Crippen molar-refractivity contribution in [1.29, 1.82) is 0 Å². The summed E-state index contributed by atoms with van der Waals surface area (Å²) in [5.41, 5.74) is 1.44. The van der Waals surface area contributed by atoms with E-state index in [1.54, 1.807) is 6.08 Å². The Morgan fingerprint density at radius 3 is 2.48 bits per heavy atom. The quantitative estimate of drug-likeness (QED) is 0.606. The Morgan fingerprint density at radius 1 is 1.20 bits per heavy atom. The lowest BCUT2D eigenvalue weighted by atomic mass is 9.49. The van der Waals surface area contributed by atoms with Gasteiger partial charge in [-0.2, -0.15) is 0 Å². The largest absolute Gasteiger partial charge is 0.455 e. The van der Waals surface area contributed by atoms with Gasteiger partial charge in [0.05, 0.1) is 5.56 Å². The molecule has 0 amide bonds. The van der Waals surface area contributed by atoms with E-state index in [0.29, 0.717) is 17.4 Å². The number of carbonyl (C=O) groups excluding carboxylic acids is 1. The third-order valence-electron chi connectivity index (χ3n) is 7.08. The third-order valence-corrected chi connectivity index (χ3v) is 7.08. The summed E-state index contributed by atoms with van der Waals surface area (Å²) in [6.45, 7) is 6.04. The van der Waals surface area contributed by atoms with Crippen LogP contribution in [0.5, 0.6) is 0 Å². The summed E-state index contributed by atoms with van der Waals surface area (Å²) in [6.07, 6.45) is 11.7. The van der Waals surface area contributed by atoms with Crippen molar-refractivity contribution in [3.63, 3.8) is 0 Å².